The van der Waals surface area contributed by atoms with E-state index in [2.05, 4.69) is 40.4 Å². The van der Waals surface area contributed by atoms with Crippen molar-refractivity contribution in [1.29, 1.82) is 0 Å². The third-order valence-corrected chi connectivity index (χ3v) is 4.64. The number of hydrogen-bond acceptors (Lipinski definition) is 7. The zero-order chi connectivity index (χ0) is 18.0. The van der Waals surface area contributed by atoms with E-state index in [9.17, 15) is 4.79 Å². The highest BCUT2D eigenvalue weighted by Crippen LogP contribution is 2.59. The zero-order valence-electron chi connectivity index (χ0n) is 15.0. The lowest BCUT2D eigenvalue weighted by atomic mass is 10.1. The van der Waals surface area contributed by atoms with Crippen LogP contribution in [-0.2, 0) is 14.4 Å². The third-order valence-electron chi connectivity index (χ3n) is 4.64. The van der Waals surface area contributed by atoms with Gasteiger partial charge in [0.25, 0.3) is 0 Å². The van der Waals surface area contributed by atoms with Crippen LogP contribution in [0.3, 0.4) is 0 Å². The Morgan fingerprint density at radius 1 is 1.40 bits per heavy atom. The van der Waals surface area contributed by atoms with Crippen LogP contribution in [0.15, 0.2) is 35.1 Å². The van der Waals surface area contributed by atoms with Gasteiger partial charge in [0.2, 0.25) is 0 Å². The van der Waals surface area contributed by atoms with Crippen LogP contribution in [0.4, 0.5) is 0 Å². The normalized spacial score (nSPS) is 26.9. The van der Waals surface area contributed by atoms with Gasteiger partial charge in [-0.15, -0.1) is 0 Å². The number of nitrogens with one attached hydrogen (secondary N) is 1. The van der Waals surface area contributed by atoms with E-state index >= 15 is 0 Å². The summed E-state index contributed by atoms with van der Waals surface area (Å²) in [5.41, 5.74) is 3.90. The lowest BCUT2D eigenvalue weighted by Crippen LogP contribution is -2.40. The van der Waals surface area contributed by atoms with Crippen LogP contribution in [0, 0.1) is 17.3 Å². The smallest absolute Gasteiger partial charge is 0.310 e. The summed E-state index contributed by atoms with van der Waals surface area (Å²) in [5.74, 6) is 0.945. The van der Waals surface area contributed by atoms with Crippen LogP contribution in [0.5, 0.6) is 0 Å². The third kappa shape index (κ3) is 3.87. The Kier molecular flexibility index (Phi) is 4.85. The summed E-state index contributed by atoms with van der Waals surface area (Å²) in [4.78, 5) is 30.4. The number of rotatable bonds is 5. The second-order valence-corrected chi connectivity index (χ2v) is 7.30. The summed E-state index contributed by atoms with van der Waals surface area (Å²) < 4.78 is 5.46. The molecule has 2 heterocycles. The Morgan fingerprint density at radius 3 is 2.72 bits per heavy atom. The molecule has 1 aliphatic heterocycles. The minimum atomic E-state index is -0.319. The molecular formula is C18H24N4O3. The van der Waals surface area contributed by atoms with Crippen molar-refractivity contribution in [1.82, 2.24) is 15.4 Å². The highest BCUT2D eigenvalue weighted by Gasteiger charge is 2.61. The second-order valence-electron chi connectivity index (χ2n) is 7.30. The first-order valence-electron chi connectivity index (χ1n) is 8.44. The van der Waals surface area contributed by atoms with Crippen molar-refractivity contribution < 1.29 is 14.4 Å². The van der Waals surface area contributed by atoms with E-state index in [0.29, 0.717) is 18.2 Å². The quantitative estimate of drug-likeness (QED) is 0.649. The van der Waals surface area contributed by atoms with Gasteiger partial charge in [-0.05, 0) is 31.2 Å². The first kappa shape index (κ1) is 17.5. The zero-order valence-corrected chi connectivity index (χ0v) is 15.0. The molecule has 1 aliphatic carbocycles. The Hall–Kier alpha value is -2.28. The van der Waals surface area contributed by atoms with Gasteiger partial charge in [0.05, 0.1) is 12.5 Å². The maximum absolute atomic E-state index is 12.4. The molecule has 25 heavy (non-hydrogen) atoms. The van der Waals surface area contributed by atoms with Crippen LogP contribution < -0.4 is 5.48 Å². The van der Waals surface area contributed by atoms with Crippen LogP contribution in [0.25, 0.3) is 0 Å². The number of esters is 1. The molecule has 1 aromatic heterocycles. The van der Waals surface area contributed by atoms with E-state index in [1.807, 2.05) is 13.8 Å². The summed E-state index contributed by atoms with van der Waals surface area (Å²) in [6.07, 6.45) is 5.11. The van der Waals surface area contributed by atoms with Gasteiger partial charge in [-0.1, -0.05) is 25.5 Å². The fraction of sp³-hybridized carbons (Fsp3) is 0.556. The van der Waals surface area contributed by atoms with Gasteiger partial charge in [0.15, 0.2) is 11.7 Å². The molecule has 3 atom stereocenters. The molecule has 1 saturated carbocycles. The molecule has 3 rings (SSSR count). The fourth-order valence-electron chi connectivity index (χ4n) is 3.09. The first-order chi connectivity index (χ1) is 11.9. The maximum atomic E-state index is 12.4. The molecule has 0 spiro atoms. The molecule has 2 aliphatic rings. The number of nitrogens with zero attached hydrogens (tertiary/aromatic N) is 3. The van der Waals surface area contributed by atoms with Crippen molar-refractivity contribution >= 4 is 11.8 Å². The number of hydrogen-bond donors (Lipinski definition) is 1. The second kappa shape index (κ2) is 6.92. The molecule has 7 nitrogen and oxygen atoms in total. The number of carbonyl (C=O) groups is 1. The van der Waals surface area contributed by atoms with E-state index in [1.54, 1.807) is 18.5 Å². The van der Waals surface area contributed by atoms with Gasteiger partial charge < -0.3 is 4.74 Å². The summed E-state index contributed by atoms with van der Waals surface area (Å²) in [7, 11) is 0. The van der Waals surface area contributed by atoms with Gasteiger partial charge in [-0.2, -0.15) is 0 Å². The minimum Gasteiger partial charge on any atom is -0.462 e. The molecule has 0 unspecified atom stereocenters. The summed E-state index contributed by atoms with van der Waals surface area (Å²) >= 11 is 0. The predicted octanol–water partition coefficient (Wildman–Crippen LogP) is 1.91. The fourth-order valence-corrected chi connectivity index (χ4v) is 3.09. The summed E-state index contributed by atoms with van der Waals surface area (Å²) in [5, 5.41) is 0. The van der Waals surface area contributed by atoms with Crippen molar-refractivity contribution in [2.75, 3.05) is 13.2 Å². The van der Waals surface area contributed by atoms with Crippen molar-refractivity contribution in [3.63, 3.8) is 0 Å². The molecule has 1 aromatic rings. The van der Waals surface area contributed by atoms with Crippen molar-refractivity contribution in [3.05, 3.63) is 35.9 Å². The van der Waals surface area contributed by atoms with Gasteiger partial charge in [0.1, 0.15) is 12.7 Å². The van der Waals surface area contributed by atoms with Gasteiger partial charge in [0, 0.05) is 12.4 Å². The average molecular weight is 344 g/mol. The Labute approximate surface area is 147 Å². The molecule has 0 saturated heterocycles. The maximum Gasteiger partial charge on any atom is 0.310 e. The Balaban J connectivity index is 1.50. The number of aromatic nitrogens is 2. The van der Waals surface area contributed by atoms with Crippen molar-refractivity contribution in [2.45, 2.75) is 33.8 Å². The number of hydroxylamine groups is 1. The molecule has 7 heteroatoms. The highest BCUT2D eigenvalue weighted by molar-refractivity contribution is 5.94. The Morgan fingerprint density at radius 2 is 2.12 bits per heavy atom. The van der Waals surface area contributed by atoms with Crippen LogP contribution in [0.1, 0.15) is 33.5 Å². The summed E-state index contributed by atoms with van der Waals surface area (Å²) in [6.45, 7) is 8.84. The molecule has 0 amide bonds. The molecule has 0 bridgehead atoms. The van der Waals surface area contributed by atoms with E-state index in [-0.39, 0.29) is 35.9 Å². The number of amidine groups is 1. The van der Waals surface area contributed by atoms with Crippen LogP contribution >= 0.6 is 0 Å². The van der Waals surface area contributed by atoms with E-state index in [4.69, 9.17) is 9.57 Å². The molecule has 134 valence electrons. The van der Waals surface area contributed by atoms with Crippen molar-refractivity contribution in [2.24, 2.45) is 22.2 Å². The molecule has 0 radical (unpaired) electrons. The topological polar surface area (TPSA) is 85.7 Å². The SMILES string of the molecule is CC(C)=C[C@@H]1[C@H](C(=O)OC[C@@H]2CN=C(c3ncccn3)NO2)C1(C)C. The average Bonchev–Trinajstić information content (AvgIpc) is 3.13. The van der Waals surface area contributed by atoms with Gasteiger partial charge >= 0.3 is 5.97 Å². The standard InChI is InChI=1S/C18H24N4O3/c1-11(2)8-13-14(18(13,3)4)17(23)24-10-12-9-21-16(22-25-12)15-19-6-5-7-20-15/h5-8,12-14H,9-10H2,1-4H3,(H,21,22)/t12-,13+,14+/m0/s1. The van der Waals surface area contributed by atoms with Gasteiger partial charge in [-0.25, -0.2) is 15.4 Å². The number of carbonyl (C=O) groups excluding carboxylic acids is 1. The monoisotopic (exact) mass is 344 g/mol. The van der Waals surface area contributed by atoms with Crippen molar-refractivity contribution in [3.8, 4) is 0 Å². The van der Waals surface area contributed by atoms with Gasteiger partial charge in [-0.3, -0.25) is 14.6 Å². The van der Waals surface area contributed by atoms with E-state index < -0.39 is 0 Å². The van der Waals surface area contributed by atoms with E-state index in [0.717, 1.165) is 0 Å². The minimum absolute atomic E-state index is 0.0456. The van der Waals surface area contributed by atoms with E-state index in [1.165, 1.54) is 5.57 Å². The lowest BCUT2D eigenvalue weighted by Gasteiger charge is -2.22. The van der Waals surface area contributed by atoms with Crippen LogP contribution in [0.2, 0.25) is 0 Å². The number of ether oxygens (including phenoxy) is 1. The highest BCUT2D eigenvalue weighted by atomic mass is 16.7. The molecule has 1 fully saturated rings. The molecule has 1 N–H and O–H groups in total. The molecule has 0 aromatic carbocycles. The summed E-state index contributed by atoms with van der Waals surface area (Å²) in [6, 6.07) is 1.73. The largest absolute Gasteiger partial charge is 0.462 e. The molecular weight excluding hydrogens is 320 g/mol. The predicted molar refractivity (Wildman–Crippen MR) is 92.6 cm³/mol. The Bertz CT molecular complexity index is 696. The number of allylic oxidation sites excluding steroid dienone is 2. The van der Waals surface area contributed by atoms with Crippen LogP contribution in [-0.4, -0.2) is 41.0 Å². The lowest BCUT2D eigenvalue weighted by molar-refractivity contribution is -0.151. The number of aliphatic imine (C=N–C) groups is 1. The first-order valence-corrected chi connectivity index (χ1v) is 8.44.